The molecule has 1 fully saturated rings. The average Bonchev–Trinajstić information content (AvgIpc) is 3.14. The van der Waals surface area contributed by atoms with Gasteiger partial charge in [-0.15, -0.1) is 11.3 Å². The molecule has 1 aromatic rings. The summed E-state index contributed by atoms with van der Waals surface area (Å²) in [6.07, 6.45) is 8.45. The molecule has 0 atom stereocenters. The third-order valence-corrected chi connectivity index (χ3v) is 8.58. The number of anilines is 1. The third kappa shape index (κ3) is 5.43. The number of carbonyl (C=O) groups excluding carboxylic acids is 2. The second-order valence-electron chi connectivity index (χ2n) is 9.58. The van der Waals surface area contributed by atoms with Gasteiger partial charge in [0.2, 0.25) is 0 Å². The van der Waals surface area contributed by atoms with Gasteiger partial charge in [0.05, 0.1) is 5.00 Å². The monoisotopic (exact) mass is 456 g/mol. The van der Waals surface area contributed by atoms with E-state index >= 15 is 0 Å². The quantitative estimate of drug-likeness (QED) is 0.406. The van der Waals surface area contributed by atoms with Crippen molar-refractivity contribution >= 4 is 27.9 Å². The van der Waals surface area contributed by atoms with Crippen molar-refractivity contribution in [3.63, 3.8) is 0 Å². The summed E-state index contributed by atoms with van der Waals surface area (Å²) >= 11 is 1.71. The van der Waals surface area contributed by atoms with Crippen LogP contribution in [0, 0.1) is 6.92 Å². The fourth-order valence-electron chi connectivity index (χ4n) is 5.40. The minimum Gasteiger partial charge on any atom is -0.361 e. The lowest BCUT2D eigenvalue weighted by Crippen LogP contribution is -2.43. The summed E-state index contributed by atoms with van der Waals surface area (Å²) in [6, 6.07) is 1.26. The van der Waals surface area contributed by atoms with Gasteiger partial charge in [-0.1, -0.05) is 18.6 Å². The van der Waals surface area contributed by atoms with E-state index in [1.54, 1.807) is 11.3 Å². The number of Topliss-reactive ketones (excluding diaryl/α,β-unsaturated/α-hetero) is 2. The maximum absolute atomic E-state index is 13.1. The summed E-state index contributed by atoms with van der Waals surface area (Å²) in [6.45, 7) is 12.6. The standard InChI is InChI=1S/C27H40N2O2S/c1-7-28(6)21-9-11-22(12-10-21)29(8-2)27-20(5)24(17-32-27)25(30)14-13-23-19(4)15-18(3)16-26(23)31/h15,17,21-22H,7-14,16H2,1-6H3. The highest BCUT2D eigenvalue weighted by molar-refractivity contribution is 7.14. The molecule has 2 aliphatic rings. The van der Waals surface area contributed by atoms with Gasteiger partial charge in [-0.3, -0.25) is 9.59 Å². The minimum absolute atomic E-state index is 0.161. The normalized spacial score (nSPS) is 21.8. The van der Waals surface area contributed by atoms with Crippen molar-refractivity contribution in [3.05, 3.63) is 39.3 Å². The number of carbonyl (C=O) groups is 2. The topological polar surface area (TPSA) is 40.6 Å². The number of rotatable bonds is 9. The Morgan fingerprint density at radius 2 is 1.72 bits per heavy atom. The van der Waals surface area contributed by atoms with E-state index in [1.807, 2.05) is 19.2 Å². The Hall–Kier alpha value is -1.72. The van der Waals surface area contributed by atoms with E-state index in [4.69, 9.17) is 0 Å². The molecule has 32 heavy (non-hydrogen) atoms. The van der Waals surface area contributed by atoms with E-state index in [0.29, 0.717) is 31.3 Å². The highest BCUT2D eigenvalue weighted by atomic mass is 32.1. The number of thiophene rings is 1. The van der Waals surface area contributed by atoms with Crippen molar-refractivity contribution in [1.29, 1.82) is 0 Å². The number of nitrogens with zero attached hydrogens (tertiary/aromatic N) is 2. The molecule has 4 nitrogen and oxygen atoms in total. The SMILES string of the molecule is CCN(C)C1CCC(N(CC)c2scc(C(=O)CCC3=C(C)C=C(C)CC3=O)c2C)CC1. The lowest BCUT2D eigenvalue weighted by molar-refractivity contribution is -0.115. The summed E-state index contributed by atoms with van der Waals surface area (Å²) in [4.78, 5) is 30.5. The highest BCUT2D eigenvalue weighted by Gasteiger charge is 2.29. The molecular weight excluding hydrogens is 416 g/mol. The van der Waals surface area contributed by atoms with E-state index in [-0.39, 0.29) is 11.6 Å². The summed E-state index contributed by atoms with van der Waals surface area (Å²) in [5, 5.41) is 3.30. The van der Waals surface area contributed by atoms with Crippen molar-refractivity contribution < 1.29 is 9.59 Å². The number of ketones is 2. The van der Waals surface area contributed by atoms with Gasteiger partial charge in [-0.05, 0) is 90.1 Å². The zero-order chi connectivity index (χ0) is 23.4. The molecule has 0 N–H and O–H groups in total. The molecule has 1 heterocycles. The van der Waals surface area contributed by atoms with Crippen LogP contribution in [0.15, 0.2) is 28.2 Å². The molecule has 0 spiro atoms. The number of allylic oxidation sites excluding steroid dienone is 4. The van der Waals surface area contributed by atoms with Crippen LogP contribution in [0.3, 0.4) is 0 Å². The Kier molecular flexibility index (Phi) is 8.51. The number of hydrogen-bond acceptors (Lipinski definition) is 5. The van der Waals surface area contributed by atoms with Gasteiger partial charge < -0.3 is 9.80 Å². The molecule has 1 saturated carbocycles. The van der Waals surface area contributed by atoms with Crippen LogP contribution < -0.4 is 4.90 Å². The molecule has 0 unspecified atom stereocenters. The molecule has 0 aromatic carbocycles. The Morgan fingerprint density at radius 1 is 1.06 bits per heavy atom. The molecule has 1 aromatic heterocycles. The van der Waals surface area contributed by atoms with E-state index in [2.05, 4.69) is 43.7 Å². The van der Waals surface area contributed by atoms with Gasteiger partial charge in [-0.2, -0.15) is 0 Å². The van der Waals surface area contributed by atoms with E-state index in [9.17, 15) is 9.59 Å². The first-order valence-corrected chi connectivity index (χ1v) is 13.1. The van der Waals surface area contributed by atoms with Crippen LogP contribution in [0.4, 0.5) is 5.00 Å². The molecular formula is C27H40N2O2S. The van der Waals surface area contributed by atoms with Crippen molar-refractivity contribution in [1.82, 2.24) is 4.90 Å². The van der Waals surface area contributed by atoms with Gasteiger partial charge in [0.15, 0.2) is 11.6 Å². The summed E-state index contributed by atoms with van der Waals surface area (Å²) in [5.41, 5.74) is 4.93. The van der Waals surface area contributed by atoms with Gasteiger partial charge in [0.1, 0.15) is 0 Å². The van der Waals surface area contributed by atoms with Crippen molar-refractivity contribution in [2.24, 2.45) is 0 Å². The maximum Gasteiger partial charge on any atom is 0.164 e. The first kappa shape index (κ1) is 24.9. The van der Waals surface area contributed by atoms with Crippen LogP contribution in [0.25, 0.3) is 0 Å². The third-order valence-electron chi connectivity index (χ3n) is 7.46. The Bertz CT molecular complexity index is 903. The van der Waals surface area contributed by atoms with E-state index in [1.165, 1.54) is 30.7 Å². The molecule has 5 heteroatoms. The first-order chi connectivity index (χ1) is 15.3. The van der Waals surface area contributed by atoms with E-state index in [0.717, 1.165) is 40.9 Å². The molecule has 2 aliphatic carbocycles. The minimum atomic E-state index is 0.161. The second kappa shape index (κ2) is 10.9. The van der Waals surface area contributed by atoms with E-state index < -0.39 is 0 Å². The van der Waals surface area contributed by atoms with Crippen molar-refractivity contribution in [2.75, 3.05) is 25.0 Å². The Labute approximate surface area is 198 Å². The molecule has 0 bridgehead atoms. The lowest BCUT2D eigenvalue weighted by atomic mass is 9.88. The molecule has 0 radical (unpaired) electrons. The van der Waals surface area contributed by atoms with Crippen LogP contribution in [0.2, 0.25) is 0 Å². The molecule has 176 valence electrons. The molecule has 0 aliphatic heterocycles. The van der Waals surface area contributed by atoms with Gasteiger partial charge in [-0.25, -0.2) is 0 Å². The smallest absolute Gasteiger partial charge is 0.164 e. The van der Waals surface area contributed by atoms with Crippen LogP contribution in [0.5, 0.6) is 0 Å². The van der Waals surface area contributed by atoms with Gasteiger partial charge in [0, 0.05) is 42.4 Å². The molecule has 0 amide bonds. The van der Waals surface area contributed by atoms with Crippen LogP contribution >= 0.6 is 11.3 Å². The van der Waals surface area contributed by atoms with Gasteiger partial charge >= 0.3 is 0 Å². The Balaban J connectivity index is 1.67. The summed E-state index contributed by atoms with van der Waals surface area (Å²) < 4.78 is 0. The zero-order valence-corrected chi connectivity index (χ0v) is 21.6. The summed E-state index contributed by atoms with van der Waals surface area (Å²) in [5.74, 6) is 0.341. The average molecular weight is 457 g/mol. The number of hydrogen-bond donors (Lipinski definition) is 0. The second-order valence-corrected chi connectivity index (χ2v) is 10.4. The van der Waals surface area contributed by atoms with Gasteiger partial charge in [0.25, 0.3) is 0 Å². The Morgan fingerprint density at radius 3 is 2.31 bits per heavy atom. The maximum atomic E-state index is 13.1. The fourth-order valence-corrected chi connectivity index (χ4v) is 6.64. The van der Waals surface area contributed by atoms with Crippen LogP contribution in [0.1, 0.15) is 88.6 Å². The molecule has 0 saturated heterocycles. The largest absolute Gasteiger partial charge is 0.361 e. The zero-order valence-electron chi connectivity index (χ0n) is 20.8. The highest BCUT2D eigenvalue weighted by Crippen LogP contribution is 2.37. The predicted octanol–water partition coefficient (Wildman–Crippen LogP) is 6.34. The van der Waals surface area contributed by atoms with Crippen LogP contribution in [-0.2, 0) is 4.79 Å². The molecule has 3 rings (SSSR count). The predicted molar refractivity (Wildman–Crippen MR) is 136 cm³/mol. The fraction of sp³-hybridized carbons (Fsp3) is 0.630. The first-order valence-electron chi connectivity index (χ1n) is 12.2. The summed E-state index contributed by atoms with van der Waals surface area (Å²) in [7, 11) is 2.24. The lowest BCUT2D eigenvalue weighted by Gasteiger charge is -2.40. The van der Waals surface area contributed by atoms with Crippen molar-refractivity contribution in [3.8, 4) is 0 Å². The van der Waals surface area contributed by atoms with Crippen molar-refractivity contribution in [2.45, 2.75) is 91.6 Å². The van der Waals surface area contributed by atoms with Crippen LogP contribution in [-0.4, -0.2) is 48.7 Å².